The molecule has 1 aromatic carbocycles. The third-order valence-corrected chi connectivity index (χ3v) is 2.29. The van der Waals surface area contributed by atoms with Crippen molar-refractivity contribution in [2.24, 2.45) is 0 Å². The first-order valence-corrected chi connectivity index (χ1v) is 4.29. The number of hydrogen-bond donors (Lipinski definition) is 0. The van der Waals surface area contributed by atoms with Crippen LogP contribution in [0, 0.1) is 23.3 Å². The van der Waals surface area contributed by atoms with Gasteiger partial charge in [-0.2, -0.15) is 13.2 Å². The largest absolute Gasteiger partial charge is 0.444 e. The van der Waals surface area contributed by atoms with Crippen LogP contribution in [0.1, 0.15) is 22.0 Å². The summed E-state index contributed by atoms with van der Waals surface area (Å²) in [5, 5.41) is 0. The molecule has 2 nitrogen and oxygen atoms in total. The van der Waals surface area contributed by atoms with E-state index < -0.39 is 52.6 Å². The van der Waals surface area contributed by atoms with Crippen LogP contribution in [0.25, 0.3) is 0 Å². The van der Waals surface area contributed by atoms with Gasteiger partial charge in [0.25, 0.3) is 0 Å². The van der Waals surface area contributed by atoms with Gasteiger partial charge in [0, 0.05) is 0 Å². The standard InChI is InChI=1S/C9HF7O2/c10-3-1-2(4(11)6(13)5(3)12)8(17)18-7(1)9(14,15)16/h7H. The molecule has 0 aliphatic carbocycles. The highest BCUT2D eigenvalue weighted by atomic mass is 19.4. The van der Waals surface area contributed by atoms with E-state index in [9.17, 15) is 35.5 Å². The van der Waals surface area contributed by atoms with Crippen LogP contribution in [-0.4, -0.2) is 12.1 Å². The van der Waals surface area contributed by atoms with Crippen molar-refractivity contribution in [1.82, 2.24) is 0 Å². The third kappa shape index (κ3) is 1.53. The molecule has 1 atom stereocenters. The van der Waals surface area contributed by atoms with E-state index in [1.807, 2.05) is 0 Å². The Morgan fingerprint density at radius 2 is 1.39 bits per heavy atom. The minimum Gasteiger partial charge on any atom is -0.444 e. The van der Waals surface area contributed by atoms with E-state index in [-0.39, 0.29) is 0 Å². The Bertz CT molecular complexity index is 549. The second-order valence-electron chi connectivity index (χ2n) is 3.37. The maximum atomic E-state index is 13.2. The van der Waals surface area contributed by atoms with Gasteiger partial charge in [-0.1, -0.05) is 0 Å². The Balaban J connectivity index is 2.79. The molecule has 1 aromatic rings. The summed E-state index contributed by atoms with van der Waals surface area (Å²) in [4.78, 5) is 10.9. The molecule has 0 saturated carbocycles. The van der Waals surface area contributed by atoms with Crippen LogP contribution in [0.3, 0.4) is 0 Å². The van der Waals surface area contributed by atoms with Crippen LogP contribution >= 0.6 is 0 Å². The van der Waals surface area contributed by atoms with Crippen molar-refractivity contribution in [2.75, 3.05) is 0 Å². The van der Waals surface area contributed by atoms with Gasteiger partial charge in [-0.05, 0) is 0 Å². The van der Waals surface area contributed by atoms with Crippen LogP contribution in [0.4, 0.5) is 30.7 Å². The Morgan fingerprint density at radius 1 is 0.889 bits per heavy atom. The molecule has 0 amide bonds. The molecule has 0 fully saturated rings. The zero-order valence-electron chi connectivity index (χ0n) is 8.04. The van der Waals surface area contributed by atoms with E-state index in [1.165, 1.54) is 0 Å². The number of carbonyl (C=O) groups excluding carboxylic acids is 1. The number of rotatable bonds is 0. The monoisotopic (exact) mass is 274 g/mol. The second-order valence-corrected chi connectivity index (χ2v) is 3.37. The topological polar surface area (TPSA) is 26.3 Å². The molecule has 1 unspecified atom stereocenters. The highest BCUT2D eigenvalue weighted by molar-refractivity contribution is 5.94. The van der Waals surface area contributed by atoms with E-state index in [4.69, 9.17) is 0 Å². The lowest BCUT2D eigenvalue weighted by molar-refractivity contribution is -0.204. The number of halogens is 7. The van der Waals surface area contributed by atoms with Gasteiger partial charge in [0.1, 0.15) is 5.56 Å². The Morgan fingerprint density at radius 3 is 1.89 bits per heavy atom. The van der Waals surface area contributed by atoms with E-state index in [0.29, 0.717) is 0 Å². The van der Waals surface area contributed by atoms with Gasteiger partial charge in [0.15, 0.2) is 23.3 Å². The molecule has 2 rings (SSSR count). The number of cyclic esters (lactones) is 1. The van der Waals surface area contributed by atoms with Crippen molar-refractivity contribution in [1.29, 1.82) is 0 Å². The predicted molar refractivity (Wildman–Crippen MR) is 40.5 cm³/mol. The highest BCUT2D eigenvalue weighted by Gasteiger charge is 2.53. The smallest absolute Gasteiger partial charge is 0.430 e. The molecule has 0 saturated heterocycles. The summed E-state index contributed by atoms with van der Waals surface area (Å²) in [7, 11) is 0. The quantitative estimate of drug-likeness (QED) is 0.314. The summed E-state index contributed by atoms with van der Waals surface area (Å²) in [5.74, 6) is -11.2. The number of esters is 1. The van der Waals surface area contributed by atoms with E-state index in [0.717, 1.165) is 0 Å². The first-order chi connectivity index (χ1) is 8.16. The van der Waals surface area contributed by atoms with E-state index >= 15 is 0 Å². The number of alkyl halides is 3. The normalized spacial score (nSPS) is 18.8. The fourth-order valence-corrected chi connectivity index (χ4v) is 1.55. The summed E-state index contributed by atoms with van der Waals surface area (Å²) in [5.41, 5.74) is -3.25. The molecular formula is C9HF7O2. The van der Waals surface area contributed by atoms with Gasteiger partial charge < -0.3 is 4.74 Å². The van der Waals surface area contributed by atoms with Gasteiger partial charge in [-0.3, -0.25) is 0 Å². The van der Waals surface area contributed by atoms with E-state index in [2.05, 4.69) is 4.74 Å². The Hall–Kier alpha value is -1.80. The zero-order chi connectivity index (χ0) is 13.8. The average molecular weight is 274 g/mol. The molecule has 0 N–H and O–H groups in total. The fraction of sp³-hybridized carbons (Fsp3) is 0.222. The molecule has 0 aromatic heterocycles. The van der Waals surface area contributed by atoms with Crippen LogP contribution in [-0.2, 0) is 4.74 Å². The van der Waals surface area contributed by atoms with Crippen molar-refractivity contribution >= 4 is 5.97 Å². The van der Waals surface area contributed by atoms with Gasteiger partial charge in [-0.15, -0.1) is 0 Å². The number of carbonyl (C=O) groups is 1. The number of benzene rings is 1. The van der Waals surface area contributed by atoms with Crippen LogP contribution < -0.4 is 0 Å². The molecule has 18 heavy (non-hydrogen) atoms. The Kier molecular flexibility index (Phi) is 2.53. The molecule has 0 spiro atoms. The van der Waals surface area contributed by atoms with Gasteiger partial charge in [0.05, 0.1) is 5.56 Å². The molecule has 1 aliphatic rings. The van der Waals surface area contributed by atoms with Crippen molar-refractivity contribution in [2.45, 2.75) is 12.3 Å². The minimum atomic E-state index is -5.27. The molecule has 1 aliphatic heterocycles. The molecule has 0 radical (unpaired) electrons. The molecular weight excluding hydrogens is 273 g/mol. The summed E-state index contributed by atoms with van der Waals surface area (Å²) in [6.45, 7) is 0. The predicted octanol–water partition coefficient (Wildman–Crippen LogP) is 3.02. The number of ether oxygens (including phenoxy) is 1. The summed E-state index contributed by atoms with van der Waals surface area (Å²) in [6, 6.07) is 0. The number of fused-ring (bicyclic) bond motifs is 1. The van der Waals surface area contributed by atoms with Crippen molar-refractivity contribution < 1.29 is 40.3 Å². The van der Waals surface area contributed by atoms with Gasteiger partial charge >= 0.3 is 12.1 Å². The van der Waals surface area contributed by atoms with Crippen molar-refractivity contribution in [3.8, 4) is 0 Å². The SMILES string of the molecule is O=C1OC(C(F)(F)F)c2c(F)c(F)c(F)c(F)c21. The minimum absolute atomic E-state index is 1.58. The highest BCUT2D eigenvalue weighted by Crippen LogP contribution is 2.45. The lowest BCUT2D eigenvalue weighted by Crippen LogP contribution is -2.22. The van der Waals surface area contributed by atoms with Crippen LogP contribution in [0.15, 0.2) is 0 Å². The molecule has 0 bridgehead atoms. The summed E-state index contributed by atoms with van der Waals surface area (Å²) < 4.78 is 92.7. The maximum absolute atomic E-state index is 13.2. The molecule has 1 heterocycles. The van der Waals surface area contributed by atoms with Crippen molar-refractivity contribution in [3.63, 3.8) is 0 Å². The van der Waals surface area contributed by atoms with Gasteiger partial charge in [-0.25, -0.2) is 22.4 Å². The lowest BCUT2D eigenvalue weighted by atomic mass is 10.0. The number of hydrogen-bond acceptors (Lipinski definition) is 2. The first kappa shape index (κ1) is 12.7. The Labute approximate surface area is 94.0 Å². The summed E-state index contributed by atoms with van der Waals surface area (Å²) >= 11 is 0. The molecule has 98 valence electrons. The summed E-state index contributed by atoms with van der Waals surface area (Å²) in [6.07, 6.45) is -8.41. The van der Waals surface area contributed by atoms with Crippen molar-refractivity contribution in [3.05, 3.63) is 34.4 Å². The lowest BCUT2D eigenvalue weighted by Gasteiger charge is -2.14. The van der Waals surface area contributed by atoms with Crippen LogP contribution in [0.2, 0.25) is 0 Å². The first-order valence-electron chi connectivity index (χ1n) is 4.29. The third-order valence-electron chi connectivity index (χ3n) is 2.29. The fourth-order valence-electron chi connectivity index (χ4n) is 1.55. The average Bonchev–Trinajstić information content (AvgIpc) is 2.61. The van der Waals surface area contributed by atoms with Crippen LogP contribution in [0.5, 0.6) is 0 Å². The zero-order valence-corrected chi connectivity index (χ0v) is 8.04. The second kappa shape index (κ2) is 3.59. The maximum Gasteiger partial charge on any atom is 0.430 e. The van der Waals surface area contributed by atoms with Gasteiger partial charge in [0.2, 0.25) is 6.10 Å². The molecule has 9 heteroatoms. The van der Waals surface area contributed by atoms with E-state index in [1.54, 1.807) is 0 Å².